The van der Waals surface area contributed by atoms with E-state index in [2.05, 4.69) is 0 Å². The van der Waals surface area contributed by atoms with E-state index >= 15 is 0 Å². The Morgan fingerprint density at radius 3 is 2.88 bits per heavy atom. The van der Waals surface area contributed by atoms with Gasteiger partial charge in [-0.2, -0.15) is 0 Å². The molecule has 0 radical (unpaired) electrons. The molecule has 2 heterocycles. The molecule has 4 nitrogen and oxygen atoms in total. The first kappa shape index (κ1) is 10.7. The van der Waals surface area contributed by atoms with Gasteiger partial charge in [0.2, 0.25) is 0 Å². The average Bonchev–Trinajstić information content (AvgIpc) is 2.90. The topological polar surface area (TPSA) is 44.8 Å². The van der Waals surface area contributed by atoms with Crippen LogP contribution in [0.15, 0.2) is 18.2 Å². The number of hydrogen-bond acceptors (Lipinski definition) is 4. The van der Waals surface area contributed by atoms with Gasteiger partial charge in [-0.3, -0.25) is 0 Å². The summed E-state index contributed by atoms with van der Waals surface area (Å²) in [6.07, 6.45) is 0. The van der Waals surface area contributed by atoms with Crippen LogP contribution in [0.4, 0.5) is 0 Å². The third-order valence-corrected chi connectivity index (χ3v) is 4.75. The van der Waals surface area contributed by atoms with Crippen LogP contribution in [0, 0.1) is 0 Å². The molecular formula is C12H10O4Se. The second kappa shape index (κ2) is 4.09. The van der Waals surface area contributed by atoms with Crippen molar-refractivity contribution in [3.63, 3.8) is 0 Å². The fraction of sp³-hybridized carbons (Fsp3) is 0.250. The van der Waals surface area contributed by atoms with Crippen molar-refractivity contribution in [1.82, 2.24) is 0 Å². The van der Waals surface area contributed by atoms with Gasteiger partial charge in [0.1, 0.15) is 0 Å². The summed E-state index contributed by atoms with van der Waals surface area (Å²) >= 11 is 0.00255. The summed E-state index contributed by atoms with van der Waals surface area (Å²) in [5.41, 5.74) is 0. The first-order chi connectivity index (χ1) is 8.28. The Balaban J connectivity index is 2.05. The number of carbonyl (C=O) groups is 1. The Labute approximate surface area is 104 Å². The van der Waals surface area contributed by atoms with E-state index in [1.165, 1.54) is 0 Å². The molecule has 3 rings (SSSR count). The van der Waals surface area contributed by atoms with Crippen LogP contribution in [0.5, 0.6) is 11.5 Å². The van der Waals surface area contributed by atoms with Crippen molar-refractivity contribution in [2.45, 2.75) is 6.92 Å². The van der Waals surface area contributed by atoms with Crippen LogP contribution in [0.1, 0.15) is 16.2 Å². The van der Waals surface area contributed by atoms with E-state index in [1.54, 1.807) is 0 Å². The van der Waals surface area contributed by atoms with Gasteiger partial charge < -0.3 is 0 Å². The van der Waals surface area contributed by atoms with Crippen LogP contribution in [0.25, 0.3) is 9.65 Å². The monoisotopic (exact) mass is 298 g/mol. The first-order valence-electron chi connectivity index (χ1n) is 5.28. The molecule has 1 aliphatic rings. The summed E-state index contributed by atoms with van der Waals surface area (Å²) in [5, 5.41) is 1.04. The molecule has 0 saturated heterocycles. The molecule has 0 amide bonds. The van der Waals surface area contributed by atoms with E-state index in [1.807, 2.05) is 25.1 Å². The van der Waals surface area contributed by atoms with Crippen molar-refractivity contribution in [3.05, 3.63) is 22.6 Å². The zero-order chi connectivity index (χ0) is 11.8. The van der Waals surface area contributed by atoms with Crippen molar-refractivity contribution >= 4 is 30.1 Å². The Kier molecular flexibility index (Phi) is 2.57. The number of rotatable bonds is 2. The van der Waals surface area contributed by atoms with Crippen LogP contribution in [-0.4, -0.2) is 33.9 Å². The zero-order valence-corrected chi connectivity index (χ0v) is 10.9. The molecule has 1 aromatic heterocycles. The van der Waals surface area contributed by atoms with Crippen molar-refractivity contribution in [3.8, 4) is 11.5 Å². The van der Waals surface area contributed by atoms with Gasteiger partial charge in [-0.15, -0.1) is 0 Å². The number of fused-ring (bicyclic) bond motifs is 2. The molecule has 0 spiro atoms. The zero-order valence-electron chi connectivity index (χ0n) is 9.19. The van der Waals surface area contributed by atoms with Gasteiger partial charge >= 0.3 is 104 Å². The van der Waals surface area contributed by atoms with Crippen molar-refractivity contribution < 1.29 is 19.0 Å². The van der Waals surface area contributed by atoms with E-state index in [0.29, 0.717) is 6.61 Å². The molecule has 1 aromatic carbocycles. The number of ether oxygens (including phenoxy) is 3. The summed E-state index contributed by atoms with van der Waals surface area (Å²) in [4.78, 5) is 11.6. The number of hydrogen-bond donors (Lipinski definition) is 0. The molecule has 0 N–H and O–H groups in total. The summed E-state index contributed by atoms with van der Waals surface area (Å²) in [7, 11) is 0. The Hall–Kier alpha value is -1.45. The van der Waals surface area contributed by atoms with Crippen molar-refractivity contribution in [2.75, 3.05) is 13.4 Å². The SMILES string of the molecule is CCOC(=O)c1cc2cc3c(cc2[se]1)OCO3. The molecule has 0 saturated carbocycles. The molecule has 2 aromatic rings. The Bertz CT molecular complexity index is 546. The molecule has 1 aliphatic heterocycles. The van der Waals surface area contributed by atoms with Gasteiger partial charge in [0.25, 0.3) is 0 Å². The van der Waals surface area contributed by atoms with Gasteiger partial charge in [-0.1, -0.05) is 0 Å². The third kappa shape index (κ3) is 1.81. The number of benzene rings is 1. The fourth-order valence-electron chi connectivity index (χ4n) is 1.73. The predicted molar refractivity (Wildman–Crippen MR) is 63.0 cm³/mol. The maximum absolute atomic E-state index is 11.6. The molecule has 0 bridgehead atoms. The summed E-state index contributed by atoms with van der Waals surface area (Å²) in [5.74, 6) is 1.30. The van der Waals surface area contributed by atoms with Crippen molar-refractivity contribution in [2.24, 2.45) is 0 Å². The second-order valence-corrected chi connectivity index (χ2v) is 5.85. The molecule has 17 heavy (non-hydrogen) atoms. The standard InChI is InChI=1S/C12H10O4Se/c1-2-14-12(13)11-4-7-3-8-9(16-6-15-8)5-10(7)17-11/h3-5H,2,6H2,1H3. The molecule has 88 valence electrons. The van der Waals surface area contributed by atoms with Crippen LogP contribution in [0.3, 0.4) is 0 Å². The van der Waals surface area contributed by atoms with E-state index in [0.717, 1.165) is 25.6 Å². The van der Waals surface area contributed by atoms with Crippen molar-refractivity contribution in [1.29, 1.82) is 0 Å². The third-order valence-electron chi connectivity index (χ3n) is 2.49. The minimum absolute atomic E-state index is 0.00255. The quantitative estimate of drug-likeness (QED) is 0.626. The number of esters is 1. The fourth-order valence-corrected chi connectivity index (χ4v) is 3.76. The Morgan fingerprint density at radius 1 is 1.35 bits per heavy atom. The molecular weight excluding hydrogens is 287 g/mol. The molecule has 0 unspecified atom stereocenters. The van der Waals surface area contributed by atoms with Gasteiger partial charge in [0.05, 0.1) is 0 Å². The Morgan fingerprint density at radius 2 is 2.12 bits per heavy atom. The molecule has 0 fully saturated rings. The van der Waals surface area contributed by atoms with Gasteiger partial charge in [-0.25, -0.2) is 0 Å². The van der Waals surface area contributed by atoms with E-state index in [4.69, 9.17) is 14.2 Å². The van der Waals surface area contributed by atoms with E-state index in [-0.39, 0.29) is 27.3 Å². The maximum atomic E-state index is 11.6. The van der Waals surface area contributed by atoms with Crippen LogP contribution in [-0.2, 0) is 4.74 Å². The van der Waals surface area contributed by atoms with E-state index < -0.39 is 0 Å². The van der Waals surface area contributed by atoms with Gasteiger partial charge in [0, 0.05) is 0 Å². The van der Waals surface area contributed by atoms with Crippen LogP contribution < -0.4 is 9.47 Å². The molecule has 0 atom stereocenters. The summed E-state index contributed by atoms with van der Waals surface area (Å²) in [6.45, 7) is 2.49. The predicted octanol–water partition coefficient (Wildman–Crippen LogP) is 1.80. The molecule has 0 aliphatic carbocycles. The minimum atomic E-state index is -0.217. The van der Waals surface area contributed by atoms with E-state index in [9.17, 15) is 4.79 Å². The van der Waals surface area contributed by atoms with Gasteiger partial charge in [0.15, 0.2) is 0 Å². The first-order valence-corrected chi connectivity index (χ1v) is 6.99. The average molecular weight is 297 g/mol. The van der Waals surface area contributed by atoms with Gasteiger partial charge in [-0.05, 0) is 0 Å². The number of carbonyl (C=O) groups excluding carboxylic acids is 1. The second-order valence-electron chi connectivity index (χ2n) is 3.57. The molecule has 5 heteroatoms. The summed E-state index contributed by atoms with van der Waals surface area (Å²) in [6, 6.07) is 5.77. The van der Waals surface area contributed by atoms with Crippen LogP contribution in [0.2, 0.25) is 0 Å². The normalized spacial score (nSPS) is 13.0. The van der Waals surface area contributed by atoms with Crippen LogP contribution >= 0.6 is 0 Å². The summed E-state index contributed by atoms with van der Waals surface area (Å²) < 4.78 is 17.5.